The van der Waals surface area contributed by atoms with Gasteiger partial charge in [0.1, 0.15) is 0 Å². The van der Waals surface area contributed by atoms with Gasteiger partial charge in [0.25, 0.3) is 0 Å². The number of aromatic nitrogens is 3. The zero-order valence-electron chi connectivity index (χ0n) is 27.5. The molecule has 0 amide bonds. The smallest absolute Gasteiger partial charge is 0.160 e. The molecular formula is C47H29N3S. The highest BCUT2D eigenvalue weighted by molar-refractivity contribution is 7.26. The van der Waals surface area contributed by atoms with Crippen molar-refractivity contribution in [2.45, 2.75) is 0 Å². The Labute approximate surface area is 299 Å². The van der Waals surface area contributed by atoms with Crippen molar-refractivity contribution < 1.29 is 0 Å². The van der Waals surface area contributed by atoms with E-state index < -0.39 is 0 Å². The first-order chi connectivity index (χ1) is 25.3. The van der Waals surface area contributed by atoms with Crippen LogP contribution in [0, 0.1) is 0 Å². The van der Waals surface area contributed by atoms with Crippen LogP contribution in [-0.2, 0) is 0 Å². The second kappa shape index (κ2) is 12.1. The number of para-hydroxylation sites is 1. The number of benzene rings is 7. The molecule has 0 fully saturated rings. The third-order valence-electron chi connectivity index (χ3n) is 9.69. The molecule has 0 aliphatic heterocycles. The summed E-state index contributed by atoms with van der Waals surface area (Å²) in [4.78, 5) is 15.6. The van der Waals surface area contributed by atoms with Gasteiger partial charge in [0.15, 0.2) is 5.82 Å². The molecule has 0 N–H and O–H groups in total. The third kappa shape index (κ3) is 5.08. The third-order valence-corrected chi connectivity index (χ3v) is 10.9. The molecule has 10 rings (SSSR count). The van der Waals surface area contributed by atoms with Crippen molar-refractivity contribution in [2.75, 3.05) is 0 Å². The lowest BCUT2D eigenvalue weighted by atomic mass is 9.95. The molecule has 0 unspecified atom stereocenters. The normalized spacial score (nSPS) is 11.5. The second-order valence-electron chi connectivity index (χ2n) is 12.8. The topological polar surface area (TPSA) is 38.7 Å². The summed E-state index contributed by atoms with van der Waals surface area (Å²) in [5, 5.41) is 6.05. The van der Waals surface area contributed by atoms with E-state index in [9.17, 15) is 0 Å². The van der Waals surface area contributed by atoms with Crippen LogP contribution in [0.2, 0.25) is 0 Å². The molecule has 0 spiro atoms. The lowest BCUT2D eigenvalue weighted by Crippen LogP contribution is -1.96. The molecule has 0 radical (unpaired) electrons. The van der Waals surface area contributed by atoms with Crippen molar-refractivity contribution >= 4 is 53.2 Å². The maximum absolute atomic E-state index is 5.24. The van der Waals surface area contributed by atoms with Gasteiger partial charge in [0.2, 0.25) is 0 Å². The van der Waals surface area contributed by atoms with Crippen molar-refractivity contribution in [3.63, 3.8) is 0 Å². The average molecular weight is 668 g/mol. The Morgan fingerprint density at radius 1 is 0.373 bits per heavy atom. The molecule has 238 valence electrons. The Kier molecular flexibility index (Phi) is 7.00. The Morgan fingerprint density at radius 2 is 0.980 bits per heavy atom. The molecule has 0 atom stereocenters. The zero-order valence-corrected chi connectivity index (χ0v) is 28.3. The summed E-state index contributed by atoms with van der Waals surface area (Å²) in [7, 11) is 0. The molecule has 4 heteroatoms. The van der Waals surface area contributed by atoms with E-state index in [-0.39, 0.29) is 0 Å². The predicted molar refractivity (Wildman–Crippen MR) is 215 cm³/mol. The van der Waals surface area contributed by atoms with Crippen LogP contribution in [0.5, 0.6) is 0 Å². The van der Waals surface area contributed by atoms with E-state index in [1.165, 1.54) is 36.7 Å². The maximum Gasteiger partial charge on any atom is 0.160 e. The zero-order chi connectivity index (χ0) is 33.7. The number of pyridine rings is 1. The largest absolute Gasteiger partial charge is 0.247 e. The van der Waals surface area contributed by atoms with Gasteiger partial charge < -0.3 is 0 Å². The molecule has 0 saturated carbocycles. The van der Waals surface area contributed by atoms with E-state index in [2.05, 4.69) is 152 Å². The molecule has 0 saturated heterocycles. The molecule has 51 heavy (non-hydrogen) atoms. The van der Waals surface area contributed by atoms with Gasteiger partial charge in [0.05, 0.1) is 22.6 Å². The summed E-state index contributed by atoms with van der Waals surface area (Å²) in [6.07, 6.45) is 0. The predicted octanol–water partition coefficient (Wildman–Crippen LogP) is 12.9. The van der Waals surface area contributed by atoms with Crippen molar-refractivity contribution in [3.8, 4) is 56.3 Å². The lowest BCUT2D eigenvalue weighted by molar-refractivity contribution is 1.19. The van der Waals surface area contributed by atoms with Crippen LogP contribution in [0.3, 0.4) is 0 Å². The van der Waals surface area contributed by atoms with Crippen molar-refractivity contribution in [2.24, 2.45) is 0 Å². The summed E-state index contributed by atoms with van der Waals surface area (Å²) in [6, 6.07) is 61.8. The van der Waals surface area contributed by atoms with E-state index in [0.717, 1.165) is 55.6 Å². The summed E-state index contributed by atoms with van der Waals surface area (Å²) >= 11 is 1.83. The Bertz CT molecular complexity index is 2880. The van der Waals surface area contributed by atoms with E-state index >= 15 is 0 Å². The van der Waals surface area contributed by atoms with Crippen LogP contribution < -0.4 is 0 Å². The summed E-state index contributed by atoms with van der Waals surface area (Å²) in [6.45, 7) is 0. The quantitative estimate of drug-likeness (QED) is 0.171. The number of rotatable bonds is 5. The highest BCUT2D eigenvalue weighted by Crippen LogP contribution is 2.46. The van der Waals surface area contributed by atoms with Gasteiger partial charge in [-0.15, -0.1) is 11.3 Å². The minimum atomic E-state index is 0.711. The average Bonchev–Trinajstić information content (AvgIpc) is 3.61. The van der Waals surface area contributed by atoms with Gasteiger partial charge in [-0.2, -0.15) is 0 Å². The van der Waals surface area contributed by atoms with Crippen molar-refractivity contribution in [3.05, 3.63) is 176 Å². The fourth-order valence-corrected chi connectivity index (χ4v) is 8.49. The fourth-order valence-electron chi connectivity index (χ4n) is 7.26. The molecular weight excluding hydrogens is 639 g/mol. The Balaban J connectivity index is 1.21. The number of fused-ring (bicyclic) bond motifs is 7. The van der Waals surface area contributed by atoms with Crippen molar-refractivity contribution in [1.82, 2.24) is 15.0 Å². The molecule has 10 aromatic rings. The number of hydrogen-bond donors (Lipinski definition) is 0. The molecule has 3 aromatic heterocycles. The lowest BCUT2D eigenvalue weighted by Gasteiger charge is -2.12. The molecule has 0 aliphatic carbocycles. The summed E-state index contributed by atoms with van der Waals surface area (Å²) < 4.78 is 2.46. The van der Waals surface area contributed by atoms with Gasteiger partial charge in [0, 0.05) is 58.6 Å². The van der Waals surface area contributed by atoms with Crippen LogP contribution in [0.25, 0.3) is 98.1 Å². The first-order valence-electron chi connectivity index (χ1n) is 17.1. The van der Waals surface area contributed by atoms with Gasteiger partial charge >= 0.3 is 0 Å². The van der Waals surface area contributed by atoms with E-state index in [0.29, 0.717) is 5.82 Å². The highest BCUT2D eigenvalue weighted by atomic mass is 32.1. The van der Waals surface area contributed by atoms with Crippen LogP contribution >= 0.6 is 11.3 Å². The van der Waals surface area contributed by atoms with Crippen molar-refractivity contribution in [1.29, 1.82) is 0 Å². The molecule has 0 aliphatic rings. The van der Waals surface area contributed by atoms with Crippen LogP contribution in [0.4, 0.5) is 0 Å². The molecule has 7 aromatic carbocycles. The van der Waals surface area contributed by atoms with E-state index in [1.807, 2.05) is 35.6 Å². The second-order valence-corrected chi connectivity index (χ2v) is 13.8. The number of nitrogens with zero attached hydrogens (tertiary/aromatic N) is 3. The SMILES string of the molecule is c1ccc(-c2ccc(-c3cc(-c4cccc5c4sc4ccc6c(-c7ccccc7)nc7ccccc7c6c45)nc(-c4ccccc4)n3)cc2)cc1. The standard InChI is InChI=1S/C47H29N3S/c1-4-13-30(14-5-1)31-23-25-32(26-24-31)40-29-41(50-47(49-40)34-17-8-3-9-18-34)36-20-12-21-38-44-42(51-46(36)38)28-27-37-43(44)35-19-10-11-22-39(35)48-45(37)33-15-6-2-7-16-33/h1-29H. The van der Waals surface area contributed by atoms with Crippen LogP contribution in [0.15, 0.2) is 176 Å². The van der Waals surface area contributed by atoms with Crippen LogP contribution in [0.1, 0.15) is 0 Å². The Morgan fingerprint density at radius 3 is 1.75 bits per heavy atom. The molecule has 3 heterocycles. The fraction of sp³-hybridized carbons (Fsp3) is 0. The van der Waals surface area contributed by atoms with E-state index in [4.69, 9.17) is 15.0 Å². The van der Waals surface area contributed by atoms with Gasteiger partial charge in [-0.25, -0.2) is 15.0 Å². The molecule has 3 nitrogen and oxygen atoms in total. The summed E-state index contributed by atoms with van der Waals surface area (Å²) in [5.41, 5.74) is 10.4. The highest BCUT2D eigenvalue weighted by Gasteiger charge is 2.19. The van der Waals surface area contributed by atoms with Gasteiger partial charge in [-0.05, 0) is 29.3 Å². The summed E-state index contributed by atoms with van der Waals surface area (Å²) in [5.74, 6) is 0.711. The minimum absolute atomic E-state index is 0.711. The van der Waals surface area contributed by atoms with Gasteiger partial charge in [-0.3, -0.25) is 0 Å². The monoisotopic (exact) mass is 667 g/mol. The number of thiophene rings is 1. The van der Waals surface area contributed by atoms with Gasteiger partial charge in [-0.1, -0.05) is 158 Å². The van der Waals surface area contributed by atoms with E-state index in [1.54, 1.807) is 0 Å². The number of hydrogen-bond acceptors (Lipinski definition) is 4. The van der Waals surface area contributed by atoms with Crippen LogP contribution in [-0.4, -0.2) is 15.0 Å². The first kappa shape index (κ1) is 29.4. The molecule has 0 bridgehead atoms. The maximum atomic E-state index is 5.24. The Hall–Kier alpha value is -6.49. The first-order valence-corrected chi connectivity index (χ1v) is 17.9. The minimum Gasteiger partial charge on any atom is -0.247 e.